The number of morpholine rings is 1. The van der Waals surface area contributed by atoms with Gasteiger partial charge in [-0.1, -0.05) is 0 Å². The van der Waals surface area contributed by atoms with E-state index in [-0.39, 0.29) is 0 Å². The number of fused-ring (bicyclic) bond motifs is 3. The molecule has 2 atom stereocenters. The van der Waals surface area contributed by atoms with Gasteiger partial charge in [-0.25, -0.2) is 4.98 Å². The highest BCUT2D eigenvalue weighted by Crippen LogP contribution is 2.34. The maximum Gasteiger partial charge on any atom is 0.140 e. The smallest absolute Gasteiger partial charge is 0.140 e. The van der Waals surface area contributed by atoms with Crippen molar-refractivity contribution in [3.05, 3.63) is 22.0 Å². The molecule has 4 heterocycles. The number of anilines is 1. The summed E-state index contributed by atoms with van der Waals surface area (Å²) in [6, 6.07) is 2.82. The van der Waals surface area contributed by atoms with Crippen molar-refractivity contribution in [1.29, 1.82) is 0 Å². The second kappa shape index (κ2) is 3.84. The highest BCUT2D eigenvalue weighted by Gasteiger charge is 2.39. The van der Waals surface area contributed by atoms with Crippen molar-refractivity contribution in [2.45, 2.75) is 18.6 Å². The molecule has 2 aromatic rings. The number of halogens is 1. The number of aryl methyl sites for hydroxylation is 1. The molecule has 4 rings (SSSR count). The van der Waals surface area contributed by atoms with Crippen LogP contribution >= 0.6 is 22.6 Å². The zero-order valence-electron chi connectivity index (χ0n) is 10.1. The molecule has 0 spiro atoms. The van der Waals surface area contributed by atoms with Crippen molar-refractivity contribution in [2.24, 2.45) is 7.05 Å². The van der Waals surface area contributed by atoms with Gasteiger partial charge in [0.1, 0.15) is 5.65 Å². The van der Waals surface area contributed by atoms with E-state index >= 15 is 0 Å². The number of nitrogens with zero attached hydrogens (tertiary/aromatic N) is 3. The highest BCUT2D eigenvalue weighted by atomic mass is 127. The standard InChI is InChI=1S/C13H14IN3O/c1-16-6-12(14)11-3-8(4-15-13(11)16)17-5-10-2-9(17)7-18-10/h3-4,6,9-10H,2,5,7H2,1H3. The van der Waals surface area contributed by atoms with Gasteiger partial charge < -0.3 is 14.2 Å². The molecule has 0 aromatic carbocycles. The van der Waals surface area contributed by atoms with E-state index < -0.39 is 0 Å². The summed E-state index contributed by atoms with van der Waals surface area (Å²) in [4.78, 5) is 7.05. The monoisotopic (exact) mass is 355 g/mol. The van der Waals surface area contributed by atoms with Crippen LogP contribution in [0.5, 0.6) is 0 Å². The van der Waals surface area contributed by atoms with Crippen LogP contribution in [0.25, 0.3) is 11.0 Å². The number of ether oxygens (including phenoxy) is 1. The maximum absolute atomic E-state index is 5.65. The van der Waals surface area contributed by atoms with Gasteiger partial charge in [0.05, 0.1) is 30.6 Å². The van der Waals surface area contributed by atoms with Crippen molar-refractivity contribution in [3.63, 3.8) is 0 Å². The third-order valence-corrected chi connectivity index (χ3v) is 4.84. The van der Waals surface area contributed by atoms with Gasteiger partial charge in [-0.2, -0.15) is 0 Å². The molecule has 2 fully saturated rings. The quantitative estimate of drug-likeness (QED) is 0.735. The highest BCUT2D eigenvalue weighted by molar-refractivity contribution is 14.1. The lowest BCUT2D eigenvalue weighted by atomic mass is 10.2. The van der Waals surface area contributed by atoms with E-state index in [1.807, 2.05) is 13.2 Å². The van der Waals surface area contributed by atoms with Crippen LogP contribution in [0.3, 0.4) is 0 Å². The Labute approximate surface area is 119 Å². The van der Waals surface area contributed by atoms with Crippen molar-refractivity contribution in [1.82, 2.24) is 9.55 Å². The SMILES string of the molecule is Cn1cc(I)c2cc(N3CC4CC3CO4)cnc21. The van der Waals surface area contributed by atoms with Gasteiger partial charge in [-0.05, 0) is 35.1 Å². The minimum Gasteiger partial charge on any atom is -0.374 e. The molecule has 2 unspecified atom stereocenters. The summed E-state index contributed by atoms with van der Waals surface area (Å²) >= 11 is 2.38. The summed E-state index contributed by atoms with van der Waals surface area (Å²) in [6.45, 7) is 1.88. The number of aromatic nitrogens is 2. The van der Waals surface area contributed by atoms with E-state index in [2.05, 4.69) is 49.3 Å². The summed E-state index contributed by atoms with van der Waals surface area (Å²) in [5, 5.41) is 1.25. The fourth-order valence-corrected chi connectivity index (χ4v) is 3.89. The summed E-state index contributed by atoms with van der Waals surface area (Å²) in [6.07, 6.45) is 5.73. The molecule has 0 radical (unpaired) electrons. The van der Waals surface area contributed by atoms with Gasteiger partial charge in [-0.15, -0.1) is 0 Å². The number of hydrogen-bond acceptors (Lipinski definition) is 3. The molecule has 2 aromatic heterocycles. The molecule has 2 saturated heterocycles. The third-order valence-electron chi connectivity index (χ3n) is 3.98. The predicted octanol–water partition coefficient (Wildman–Crippen LogP) is 2.16. The van der Waals surface area contributed by atoms with Crippen LogP contribution in [0.2, 0.25) is 0 Å². The van der Waals surface area contributed by atoms with Gasteiger partial charge in [0.25, 0.3) is 0 Å². The van der Waals surface area contributed by atoms with Crippen LogP contribution in [0.4, 0.5) is 5.69 Å². The van der Waals surface area contributed by atoms with E-state index in [4.69, 9.17) is 4.74 Å². The van der Waals surface area contributed by atoms with Gasteiger partial charge >= 0.3 is 0 Å². The molecule has 0 aliphatic carbocycles. The van der Waals surface area contributed by atoms with Crippen LogP contribution in [0, 0.1) is 3.57 Å². The van der Waals surface area contributed by atoms with Gasteiger partial charge in [0.15, 0.2) is 0 Å². The van der Waals surface area contributed by atoms with Crippen LogP contribution in [0.15, 0.2) is 18.5 Å². The Balaban J connectivity index is 1.79. The third kappa shape index (κ3) is 1.50. The van der Waals surface area contributed by atoms with E-state index in [0.29, 0.717) is 12.1 Å². The zero-order valence-corrected chi connectivity index (χ0v) is 12.3. The Morgan fingerprint density at radius 2 is 2.39 bits per heavy atom. The fourth-order valence-electron chi connectivity index (χ4n) is 3.08. The Morgan fingerprint density at radius 1 is 1.50 bits per heavy atom. The second-order valence-corrected chi connectivity index (χ2v) is 6.31. The maximum atomic E-state index is 5.65. The molecule has 5 heteroatoms. The first kappa shape index (κ1) is 11.0. The molecule has 4 nitrogen and oxygen atoms in total. The van der Waals surface area contributed by atoms with Crippen molar-refractivity contribution < 1.29 is 4.74 Å². The molecule has 2 bridgehead atoms. The summed E-state index contributed by atoms with van der Waals surface area (Å²) in [5.74, 6) is 0. The lowest BCUT2D eigenvalue weighted by molar-refractivity contribution is 0.0991. The molecule has 2 aliphatic heterocycles. The Bertz CT molecular complexity index is 624. The average Bonchev–Trinajstić information content (AvgIpc) is 3.05. The lowest BCUT2D eigenvalue weighted by Gasteiger charge is -2.28. The van der Waals surface area contributed by atoms with Crippen LogP contribution in [0.1, 0.15) is 6.42 Å². The van der Waals surface area contributed by atoms with E-state index in [1.165, 1.54) is 21.1 Å². The molecular formula is C13H14IN3O. The molecule has 2 aliphatic rings. The normalized spacial score (nSPS) is 26.4. The van der Waals surface area contributed by atoms with Crippen molar-refractivity contribution >= 4 is 39.3 Å². The molecule has 0 saturated carbocycles. The fraction of sp³-hybridized carbons (Fsp3) is 0.462. The van der Waals surface area contributed by atoms with E-state index in [1.54, 1.807) is 0 Å². The molecule has 18 heavy (non-hydrogen) atoms. The summed E-state index contributed by atoms with van der Waals surface area (Å²) in [5.41, 5.74) is 2.30. The minimum absolute atomic E-state index is 0.431. The van der Waals surface area contributed by atoms with Gasteiger partial charge in [-0.3, -0.25) is 0 Å². The Morgan fingerprint density at radius 3 is 3.11 bits per heavy atom. The first-order chi connectivity index (χ1) is 8.72. The number of rotatable bonds is 1. The van der Waals surface area contributed by atoms with Crippen molar-refractivity contribution in [3.8, 4) is 0 Å². The predicted molar refractivity (Wildman–Crippen MR) is 78.9 cm³/mol. The van der Waals surface area contributed by atoms with Crippen LogP contribution < -0.4 is 4.90 Å². The first-order valence-corrected chi connectivity index (χ1v) is 7.29. The Hall–Kier alpha value is -0.820. The van der Waals surface area contributed by atoms with E-state index in [0.717, 1.165) is 18.8 Å². The molecule has 0 amide bonds. The van der Waals surface area contributed by atoms with Crippen LogP contribution in [-0.2, 0) is 11.8 Å². The summed E-state index contributed by atoms with van der Waals surface area (Å²) in [7, 11) is 2.04. The first-order valence-electron chi connectivity index (χ1n) is 6.21. The topological polar surface area (TPSA) is 30.3 Å². The van der Waals surface area contributed by atoms with E-state index in [9.17, 15) is 0 Å². The van der Waals surface area contributed by atoms with Crippen LogP contribution in [-0.4, -0.2) is 34.8 Å². The minimum atomic E-state index is 0.431. The lowest BCUT2D eigenvalue weighted by Crippen LogP contribution is -2.36. The number of hydrogen-bond donors (Lipinski definition) is 0. The second-order valence-electron chi connectivity index (χ2n) is 5.15. The molecular weight excluding hydrogens is 341 g/mol. The number of pyridine rings is 1. The molecule has 0 N–H and O–H groups in total. The molecule has 94 valence electrons. The Kier molecular flexibility index (Phi) is 2.35. The summed E-state index contributed by atoms with van der Waals surface area (Å²) < 4.78 is 9.00. The van der Waals surface area contributed by atoms with Gasteiger partial charge in [0.2, 0.25) is 0 Å². The van der Waals surface area contributed by atoms with Gasteiger partial charge in [0, 0.05) is 28.7 Å². The zero-order chi connectivity index (χ0) is 12.3. The largest absolute Gasteiger partial charge is 0.374 e. The van der Waals surface area contributed by atoms with Crippen molar-refractivity contribution in [2.75, 3.05) is 18.1 Å². The average molecular weight is 355 g/mol.